The summed E-state index contributed by atoms with van der Waals surface area (Å²) in [5.74, 6) is 2.29. The van der Waals surface area contributed by atoms with E-state index in [0.29, 0.717) is 11.3 Å². The smallest absolute Gasteiger partial charge is 0.127 e. The molecule has 0 aliphatic heterocycles. The average molecular weight is 267 g/mol. The minimum Gasteiger partial charge on any atom is -0.457 e. The van der Waals surface area contributed by atoms with Gasteiger partial charge < -0.3 is 4.74 Å². The minimum atomic E-state index is 0.356. The summed E-state index contributed by atoms with van der Waals surface area (Å²) < 4.78 is 5.79. The molecule has 20 heavy (non-hydrogen) atoms. The maximum absolute atomic E-state index is 5.79. The van der Waals surface area contributed by atoms with Crippen molar-refractivity contribution in [3.63, 3.8) is 0 Å². The molecule has 0 heterocycles. The van der Waals surface area contributed by atoms with E-state index in [-0.39, 0.29) is 0 Å². The normalized spacial score (nSPS) is 13.0. The van der Waals surface area contributed by atoms with Crippen LogP contribution < -0.4 is 4.74 Å². The second-order valence-electron chi connectivity index (χ2n) is 6.57. The average Bonchev–Trinajstić information content (AvgIpc) is 2.39. The van der Waals surface area contributed by atoms with Gasteiger partial charge in [-0.1, -0.05) is 52.0 Å². The lowest BCUT2D eigenvalue weighted by molar-refractivity contribution is 0.349. The Labute approximate surface area is 122 Å². The molecule has 1 atom stereocenters. The third kappa shape index (κ3) is 4.41. The van der Waals surface area contributed by atoms with Crippen molar-refractivity contribution in [3.8, 4) is 11.5 Å². The molecule has 0 fully saturated rings. The third-order valence-electron chi connectivity index (χ3n) is 3.29. The maximum atomic E-state index is 5.79. The van der Waals surface area contributed by atoms with Crippen molar-refractivity contribution < 1.29 is 4.74 Å². The third-order valence-corrected chi connectivity index (χ3v) is 3.29. The van der Waals surface area contributed by atoms with Gasteiger partial charge in [0.1, 0.15) is 11.5 Å². The summed E-state index contributed by atoms with van der Waals surface area (Å²) in [5, 5.41) is 0. The van der Waals surface area contributed by atoms with Crippen LogP contribution in [0.2, 0.25) is 0 Å². The molecular weight excluding hydrogens is 244 g/mol. The molecule has 2 aromatic rings. The zero-order chi connectivity index (χ0) is 14.6. The van der Waals surface area contributed by atoms with Gasteiger partial charge in [0.2, 0.25) is 0 Å². The predicted molar refractivity (Wildman–Crippen MR) is 84.3 cm³/mol. The van der Waals surface area contributed by atoms with Gasteiger partial charge in [-0.15, -0.1) is 0 Å². The number of rotatable bonds is 4. The Bertz CT molecular complexity index is 520. The van der Waals surface area contributed by atoms with E-state index in [2.05, 4.69) is 45.9 Å². The molecule has 0 spiro atoms. The SMILES string of the molecule is CC(CC(C)(C)C)c1ccc(Oc2cc[c]cc2)cc1. The summed E-state index contributed by atoms with van der Waals surface area (Å²) in [6.45, 7) is 9.14. The van der Waals surface area contributed by atoms with Gasteiger partial charge in [-0.05, 0) is 53.6 Å². The molecule has 105 valence electrons. The molecule has 1 unspecified atom stereocenters. The van der Waals surface area contributed by atoms with Crippen molar-refractivity contribution in [1.29, 1.82) is 0 Å². The maximum Gasteiger partial charge on any atom is 0.127 e. The molecular formula is C19H23O. The van der Waals surface area contributed by atoms with Crippen molar-refractivity contribution >= 4 is 0 Å². The Morgan fingerprint density at radius 3 is 2.05 bits per heavy atom. The molecule has 0 aliphatic rings. The van der Waals surface area contributed by atoms with Crippen LogP contribution in [0.3, 0.4) is 0 Å². The fourth-order valence-electron chi connectivity index (χ4n) is 2.48. The van der Waals surface area contributed by atoms with Crippen molar-refractivity contribution in [1.82, 2.24) is 0 Å². The lowest BCUT2D eigenvalue weighted by Crippen LogP contribution is -2.09. The summed E-state index contributed by atoms with van der Waals surface area (Å²) in [4.78, 5) is 0. The molecule has 1 radical (unpaired) electrons. The second-order valence-corrected chi connectivity index (χ2v) is 6.57. The van der Waals surface area contributed by atoms with Gasteiger partial charge in [-0.2, -0.15) is 0 Å². The highest BCUT2D eigenvalue weighted by molar-refractivity contribution is 5.33. The van der Waals surface area contributed by atoms with Crippen LogP contribution in [0.4, 0.5) is 0 Å². The van der Waals surface area contributed by atoms with Crippen molar-refractivity contribution in [2.45, 2.75) is 40.0 Å². The molecule has 0 N–H and O–H groups in total. The first-order chi connectivity index (χ1) is 9.44. The first kappa shape index (κ1) is 14.6. The summed E-state index contributed by atoms with van der Waals surface area (Å²) in [5.41, 5.74) is 1.73. The Balaban J connectivity index is 2.03. The van der Waals surface area contributed by atoms with E-state index >= 15 is 0 Å². The number of hydrogen-bond donors (Lipinski definition) is 0. The topological polar surface area (TPSA) is 9.23 Å². The van der Waals surface area contributed by atoms with E-state index in [9.17, 15) is 0 Å². The lowest BCUT2D eigenvalue weighted by atomic mass is 9.82. The molecule has 1 nitrogen and oxygen atoms in total. The molecule has 0 amide bonds. The van der Waals surface area contributed by atoms with Crippen LogP contribution in [0.5, 0.6) is 11.5 Å². The van der Waals surface area contributed by atoms with Gasteiger partial charge in [-0.3, -0.25) is 0 Å². The van der Waals surface area contributed by atoms with Crippen LogP contribution in [0.15, 0.2) is 48.5 Å². The van der Waals surface area contributed by atoms with Crippen molar-refractivity contribution in [2.75, 3.05) is 0 Å². The van der Waals surface area contributed by atoms with Gasteiger partial charge in [-0.25, -0.2) is 0 Å². The van der Waals surface area contributed by atoms with Gasteiger partial charge in [0.15, 0.2) is 0 Å². The van der Waals surface area contributed by atoms with Crippen molar-refractivity contribution in [2.24, 2.45) is 5.41 Å². The number of ether oxygens (including phenoxy) is 1. The van der Waals surface area contributed by atoms with E-state index in [1.54, 1.807) is 0 Å². The molecule has 0 aliphatic carbocycles. The van der Waals surface area contributed by atoms with E-state index in [1.807, 2.05) is 36.4 Å². The van der Waals surface area contributed by atoms with Gasteiger partial charge in [0, 0.05) is 0 Å². The van der Waals surface area contributed by atoms with Crippen molar-refractivity contribution in [3.05, 3.63) is 60.2 Å². The first-order valence-corrected chi connectivity index (χ1v) is 7.18. The zero-order valence-electron chi connectivity index (χ0n) is 12.8. The van der Waals surface area contributed by atoms with E-state index in [4.69, 9.17) is 4.74 Å². The van der Waals surface area contributed by atoms with Crippen LogP contribution >= 0.6 is 0 Å². The molecule has 0 aromatic heterocycles. The Morgan fingerprint density at radius 1 is 0.950 bits per heavy atom. The van der Waals surface area contributed by atoms with E-state index in [1.165, 1.54) is 12.0 Å². The summed E-state index contributed by atoms with van der Waals surface area (Å²) >= 11 is 0. The standard InChI is InChI=1S/C19H23O/c1-15(14-19(2,3)4)16-10-12-18(13-11-16)20-17-8-6-5-7-9-17/h6-13,15H,14H2,1-4H3. The highest BCUT2D eigenvalue weighted by Gasteiger charge is 2.16. The predicted octanol–water partition coefficient (Wildman–Crippen LogP) is 5.82. The number of benzene rings is 2. The monoisotopic (exact) mass is 267 g/mol. The summed E-state index contributed by atoms with van der Waals surface area (Å²) in [7, 11) is 0. The van der Waals surface area contributed by atoms with Gasteiger partial charge >= 0.3 is 0 Å². The van der Waals surface area contributed by atoms with Gasteiger partial charge in [0.05, 0.1) is 0 Å². The van der Waals surface area contributed by atoms with Crippen LogP contribution in [0, 0.1) is 11.5 Å². The van der Waals surface area contributed by atoms with Crippen LogP contribution in [-0.2, 0) is 0 Å². The highest BCUT2D eigenvalue weighted by Crippen LogP contribution is 2.32. The van der Waals surface area contributed by atoms with E-state index < -0.39 is 0 Å². The summed E-state index contributed by atoms with van der Waals surface area (Å²) in [6, 6.07) is 19.0. The minimum absolute atomic E-state index is 0.356. The van der Waals surface area contributed by atoms with Crippen LogP contribution in [0.25, 0.3) is 0 Å². The molecule has 2 aromatic carbocycles. The highest BCUT2D eigenvalue weighted by atomic mass is 16.5. The molecule has 0 saturated heterocycles. The Hall–Kier alpha value is -1.76. The van der Waals surface area contributed by atoms with E-state index in [0.717, 1.165) is 11.5 Å². The Kier molecular flexibility index (Phi) is 4.49. The fourth-order valence-corrected chi connectivity index (χ4v) is 2.48. The second kappa shape index (κ2) is 6.13. The first-order valence-electron chi connectivity index (χ1n) is 7.18. The largest absolute Gasteiger partial charge is 0.457 e. The molecule has 0 saturated carbocycles. The molecule has 1 heteroatoms. The zero-order valence-corrected chi connectivity index (χ0v) is 12.8. The van der Waals surface area contributed by atoms with Gasteiger partial charge in [0.25, 0.3) is 0 Å². The summed E-state index contributed by atoms with van der Waals surface area (Å²) in [6.07, 6.45) is 1.18. The molecule has 0 bridgehead atoms. The molecule has 2 rings (SSSR count). The quantitative estimate of drug-likeness (QED) is 0.678. The number of hydrogen-bond acceptors (Lipinski definition) is 1. The lowest BCUT2D eigenvalue weighted by Gasteiger charge is -2.23. The fraction of sp³-hybridized carbons (Fsp3) is 0.368. The van der Waals surface area contributed by atoms with Crippen LogP contribution in [0.1, 0.15) is 45.6 Å². The van der Waals surface area contributed by atoms with Crippen LogP contribution in [-0.4, -0.2) is 0 Å². The Morgan fingerprint density at radius 2 is 1.50 bits per heavy atom.